The topological polar surface area (TPSA) is 56.8 Å². The molecule has 0 unspecified atom stereocenters. The van der Waals surface area contributed by atoms with Crippen LogP contribution in [0.15, 0.2) is 71.5 Å². The maximum Gasteiger partial charge on any atom is 0.492 e. The van der Waals surface area contributed by atoms with Gasteiger partial charge in [0.25, 0.3) is 0 Å². The van der Waals surface area contributed by atoms with Gasteiger partial charge in [0, 0.05) is 17.3 Å². The van der Waals surface area contributed by atoms with E-state index in [9.17, 15) is 4.79 Å². The second-order valence-electron chi connectivity index (χ2n) is 10.0. The summed E-state index contributed by atoms with van der Waals surface area (Å²) in [5, 5.41) is 4.93. The van der Waals surface area contributed by atoms with Gasteiger partial charge >= 0.3 is 13.2 Å². The molecule has 7 heteroatoms. The minimum atomic E-state index is -0.545. The molecule has 1 fully saturated rings. The van der Waals surface area contributed by atoms with Crippen LogP contribution >= 0.6 is 11.3 Å². The summed E-state index contributed by atoms with van der Waals surface area (Å²) in [5.74, 6) is 0.0254. The van der Waals surface area contributed by atoms with Gasteiger partial charge in [-0.2, -0.15) is 0 Å². The molecule has 0 saturated carbocycles. The Labute approximate surface area is 211 Å². The summed E-state index contributed by atoms with van der Waals surface area (Å²) in [4.78, 5) is 13.8. The summed E-state index contributed by atoms with van der Waals surface area (Å²) < 4.78 is 18.2. The van der Waals surface area contributed by atoms with Gasteiger partial charge in [0.2, 0.25) is 0 Å². The van der Waals surface area contributed by atoms with Crippen molar-refractivity contribution in [3.05, 3.63) is 87.5 Å². The van der Waals surface area contributed by atoms with E-state index in [1.54, 1.807) is 11.3 Å². The lowest BCUT2D eigenvalue weighted by Gasteiger charge is -2.32. The van der Waals surface area contributed by atoms with E-state index in [2.05, 4.69) is 29.6 Å². The Morgan fingerprint density at radius 3 is 2.14 bits per heavy atom. The van der Waals surface area contributed by atoms with Crippen LogP contribution in [0, 0.1) is 0 Å². The first kappa shape index (κ1) is 23.9. The largest absolute Gasteiger partial charge is 0.492 e. The number of benzene rings is 2. The third-order valence-electron chi connectivity index (χ3n) is 7.21. The average Bonchev–Trinajstić information content (AvgIpc) is 3.50. The summed E-state index contributed by atoms with van der Waals surface area (Å²) in [6.07, 6.45) is 1.57. The van der Waals surface area contributed by atoms with Crippen LogP contribution in [0.2, 0.25) is 0 Å². The van der Waals surface area contributed by atoms with Gasteiger partial charge in [-0.25, -0.2) is 4.79 Å². The predicted octanol–water partition coefficient (Wildman–Crippen LogP) is 6.30. The average molecular weight is 487 g/mol. The molecule has 3 aromatic rings. The lowest BCUT2D eigenvalue weighted by Crippen LogP contribution is -2.41. The number of alkyl carbamates (subject to hydrolysis) is 1. The number of carbonyl (C=O) groups is 1. The minimum Gasteiger partial charge on any atom is -0.449 e. The van der Waals surface area contributed by atoms with Crippen molar-refractivity contribution in [3.8, 4) is 11.1 Å². The highest BCUT2D eigenvalue weighted by Gasteiger charge is 2.52. The fraction of sp³-hybridized carbons (Fsp3) is 0.321. The molecule has 0 radical (unpaired) electrons. The van der Waals surface area contributed by atoms with Crippen molar-refractivity contribution in [3.63, 3.8) is 0 Å². The van der Waals surface area contributed by atoms with Gasteiger partial charge in [-0.1, -0.05) is 54.6 Å². The Balaban J connectivity index is 1.26. The standard InChI is InChI=1S/C28H30BNO4S/c1-27(2)28(3,4)34-29(33-27)19(16-20-10-9-15-35-20)17-30-26(31)32-18-25-23-13-7-5-11-21(23)22-12-6-8-14-24(22)25/h5-16,25H,17-18H2,1-4H3,(H,30,31). The maximum atomic E-state index is 12.8. The Bertz CT molecular complexity index is 1190. The highest BCUT2D eigenvalue weighted by atomic mass is 32.1. The highest BCUT2D eigenvalue weighted by Crippen LogP contribution is 2.44. The van der Waals surface area contributed by atoms with Crippen LogP contribution < -0.4 is 5.32 Å². The van der Waals surface area contributed by atoms with Crippen molar-refractivity contribution in [2.75, 3.05) is 13.2 Å². The van der Waals surface area contributed by atoms with Crippen molar-refractivity contribution < 1.29 is 18.8 Å². The van der Waals surface area contributed by atoms with E-state index < -0.39 is 24.4 Å². The number of ether oxygens (including phenoxy) is 1. The molecule has 1 saturated heterocycles. The van der Waals surface area contributed by atoms with Gasteiger partial charge in [0.05, 0.1) is 11.2 Å². The van der Waals surface area contributed by atoms with Gasteiger partial charge in [0.15, 0.2) is 0 Å². The SMILES string of the molecule is CC1(C)OB(C(=Cc2cccs2)CNC(=O)OCC2c3ccccc3-c3ccccc32)OC1(C)C. The van der Waals surface area contributed by atoms with Gasteiger partial charge in [-0.15, -0.1) is 11.3 Å². The lowest BCUT2D eigenvalue weighted by atomic mass is 9.77. The van der Waals surface area contributed by atoms with E-state index in [4.69, 9.17) is 14.0 Å². The maximum absolute atomic E-state index is 12.8. The molecule has 0 spiro atoms. The monoisotopic (exact) mass is 487 g/mol. The first-order valence-corrected chi connectivity index (χ1v) is 12.8. The Hall–Kier alpha value is -2.87. The fourth-order valence-electron chi connectivity index (χ4n) is 4.58. The Morgan fingerprint density at radius 1 is 0.971 bits per heavy atom. The molecule has 1 N–H and O–H groups in total. The van der Waals surface area contributed by atoms with Gasteiger partial charge in [0.1, 0.15) is 6.61 Å². The number of thiophene rings is 1. The van der Waals surface area contributed by atoms with Crippen molar-refractivity contribution in [2.24, 2.45) is 0 Å². The zero-order chi connectivity index (χ0) is 24.6. The van der Waals surface area contributed by atoms with Crippen molar-refractivity contribution in [1.82, 2.24) is 5.32 Å². The molecule has 0 bridgehead atoms. The molecule has 0 atom stereocenters. The molecule has 180 valence electrons. The molecule has 1 aliphatic carbocycles. The molecular weight excluding hydrogens is 457 g/mol. The third-order valence-corrected chi connectivity index (χ3v) is 8.03. The quantitative estimate of drug-likeness (QED) is 0.415. The summed E-state index contributed by atoms with van der Waals surface area (Å²) in [7, 11) is -0.545. The Kier molecular flexibility index (Phi) is 6.34. The van der Waals surface area contributed by atoms with E-state index in [0.29, 0.717) is 0 Å². The van der Waals surface area contributed by atoms with Crippen LogP contribution in [-0.2, 0) is 14.0 Å². The van der Waals surface area contributed by atoms with Crippen molar-refractivity contribution >= 4 is 30.6 Å². The number of rotatable bonds is 6. The minimum absolute atomic E-state index is 0.0254. The van der Waals surface area contributed by atoms with Crippen LogP contribution in [0.3, 0.4) is 0 Å². The third kappa shape index (κ3) is 4.68. The smallest absolute Gasteiger partial charge is 0.449 e. The lowest BCUT2D eigenvalue weighted by molar-refractivity contribution is 0.00578. The van der Waals surface area contributed by atoms with Crippen LogP contribution in [0.25, 0.3) is 17.2 Å². The molecule has 35 heavy (non-hydrogen) atoms. The van der Waals surface area contributed by atoms with E-state index in [-0.39, 0.29) is 19.1 Å². The Morgan fingerprint density at radius 2 is 1.57 bits per heavy atom. The summed E-state index contributed by atoms with van der Waals surface area (Å²) in [5.41, 5.74) is 4.72. The van der Waals surface area contributed by atoms with E-state index in [1.165, 1.54) is 22.3 Å². The van der Waals surface area contributed by atoms with Crippen LogP contribution in [0.5, 0.6) is 0 Å². The molecular formula is C28H30BNO4S. The molecule has 1 amide bonds. The second-order valence-corrected chi connectivity index (χ2v) is 11.0. The number of carbonyl (C=O) groups excluding carboxylic acids is 1. The number of hydrogen-bond acceptors (Lipinski definition) is 5. The zero-order valence-corrected chi connectivity index (χ0v) is 21.4. The first-order chi connectivity index (χ1) is 16.7. The first-order valence-electron chi connectivity index (χ1n) is 11.9. The molecule has 2 aromatic carbocycles. The highest BCUT2D eigenvalue weighted by molar-refractivity contribution is 7.10. The van der Waals surface area contributed by atoms with E-state index >= 15 is 0 Å². The zero-order valence-electron chi connectivity index (χ0n) is 20.5. The number of amides is 1. The van der Waals surface area contributed by atoms with Gasteiger partial charge in [-0.05, 0) is 72.9 Å². The number of hydrogen-bond donors (Lipinski definition) is 1. The van der Waals surface area contributed by atoms with Gasteiger partial charge < -0.3 is 19.4 Å². The summed E-state index contributed by atoms with van der Waals surface area (Å²) >= 11 is 1.63. The fourth-order valence-corrected chi connectivity index (χ4v) is 5.27. The number of nitrogens with one attached hydrogen (secondary N) is 1. The molecule has 5 nitrogen and oxygen atoms in total. The van der Waals surface area contributed by atoms with Crippen LogP contribution in [-0.4, -0.2) is 37.6 Å². The second kappa shape index (κ2) is 9.30. The summed E-state index contributed by atoms with van der Waals surface area (Å²) in [6.45, 7) is 8.64. The molecule has 1 aromatic heterocycles. The van der Waals surface area contributed by atoms with Crippen LogP contribution in [0.1, 0.15) is 49.6 Å². The van der Waals surface area contributed by atoms with Crippen molar-refractivity contribution in [2.45, 2.75) is 44.8 Å². The molecule has 1 aliphatic heterocycles. The molecule has 2 heterocycles. The van der Waals surface area contributed by atoms with Gasteiger partial charge in [-0.3, -0.25) is 0 Å². The van der Waals surface area contributed by atoms with E-state index in [1.807, 2.05) is 75.5 Å². The molecule has 2 aliphatic rings. The summed E-state index contributed by atoms with van der Waals surface area (Å²) in [6, 6.07) is 20.7. The predicted molar refractivity (Wildman–Crippen MR) is 141 cm³/mol. The van der Waals surface area contributed by atoms with Crippen LogP contribution in [0.4, 0.5) is 4.79 Å². The normalized spacial score (nSPS) is 18.3. The molecule has 5 rings (SSSR count). The van der Waals surface area contributed by atoms with E-state index in [0.717, 1.165) is 10.3 Å². The van der Waals surface area contributed by atoms with Crippen molar-refractivity contribution in [1.29, 1.82) is 0 Å². The number of fused-ring (bicyclic) bond motifs is 3.